The first kappa shape index (κ1) is 11.6. The largest absolute Gasteiger partial charge is 0.347 e. The molecule has 0 amide bonds. The minimum Gasteiger partial charge on any atom is -0.347 e. The van der Waals surface area contributed by atoms with E-state index in [0.29, 0.717) is 12.5 Å². The molecule has 1 heterocycles. The number of tetrazole rings is 1. The number of benzene rings is 2. The maximum atomic E-state index is 4.21. The highest BCUT2D eigenvalue weighted by Crippen LogP contribution is 2.18. The van der Waals surface area contributed by atoms with Gasteiger partial charge in [0, 0.05) is 6.54 Å². The fourth-order valence-electron chi connectivity index (χ4n) is 2.07. The predicted molar refractivity (Wildman–Crippen MR) is 74.8 cm³/mol. The van der Waals surface area contributed by atoms with E-state index in [1.165, 1.54) is 16.3 Å². The van der Waals surface area contributed by atoms with Crippen molar-refractivity contribution in [2.75, 3.05) is 5.32 Å². The van der Waals surface area contributed by atoms with Crippen molar-refractivity contribution < 1.29 is 0 Å². The smallest absolute Gasteiger partial charge is 0.263 e. The number of aryl methyl sites for hydroxylation is 1. The first-order valence-electron chi connectivity index (χ1n) is 6.35. The molecule has 19 heavy (non-hydrogen) atoms. The molecule has 1 N–H and O–H groups in total. The zero-order chi connectivity index (χ0) is 13.1. The van der Waals surface area contributed by atoms with Crippen molar-refractivity contribution in [3.63, 3.8) is 0 Å². The van der Waals surface area contributed by atoms with E-state index in [9.17, 15) is 0 Å². The highest BCUT2D eigenvalue weighted by atomic mass is 15.6. The molecule has 3 aromatic rings. The molecule has 0 unspecified atom stereocenters. The molecular formula is C14H15N5. The molecular weight excluding hydrogens is 238 g/mol. The van der Waals surface area contributed by atoms with E-state index in [0.717, 1.165) is 6.54 Å². The Morgan fingerprint density at radius 3 is 2.79 bits per heavy atom. The molecule has 0 aliphatic heterocycles. The summed E-state index contributed by atoms with van der Waals surface area (Å²) in [6, 6.07) is 14.6. The second-order valence-electron chi connectivity index (χ2n) is 4.29. The van der Waals surface area contributed by atoms with Crippen molar-refractivity contribution >= 4 is 16.7 Å². The average Bonchev–Trinajstić information content (AvgIpc) is 2.93. The molecule has 3 rings (SSSR count). The van der Waals surface area contributed by atoms with Crippen LogP contribution in [0.3, 0.4) is 0 Å². The van der Waals surface area contributed by atoms with Gasteiger partial charge in [-0.2, -0.15) is 4.80 Å². The van der Waals surface area contributed by atoms with Gasteiger partial charge in [-0.05, 0) is 28.5 Å². The van der Waals surface area contributed by atoms with E-state index in [1.54, 1.807) is 4.80 Å². The van der Waals surface area contributed by atoms with Gasteiger partial charge in [-0.3, -0.25) is 0 Å². The van der Waals surface area contributed by atoms with Gasteiger partial charge < -0.3 is 5.32 Å². The quantitative estimate of drug-likeness (QED) is 0.776. The fraction of sp³-hybridized carbons (Fsp3) is 0.214. The van der Waals surface area contributed by atoms with E-state index >= 15 is 0 Å². The van der Waals surface area contributed by atoms with Crippen LogP contribution in [0.25, 0.3) is 10.8 Å². The molecule has 0 saturated heterocycles. The monoisotopic (exact) mass is 253 g/mol. The van der Waals surface area contributed by atoms with Gasteiger partial charge in [-0.1, -0.05) is 47.6 Å². The summed E-state index contributed by atoms with van der Waals surface area (Å²) in [5.74, 6) is 0.565. The van der Waals surface area contributed by atoms with Gasteiger partial charge in [0.1, 0.15) is 0 Å². The molecule has 5 nitrogen and oxygen atoms in total. The Morgan fingerprint density at radius 2 is 1.95 bits per heavy atom. The first-order valence-corrected chi connectivity index (χ1v) is 6.35. The Kier molecular flexibility index (Phi) is 3.10. The molecule has 0 spiro atoms. The van der Waals surface area contributed by atoms with E-state index < -0.39 is 0 Å². The third-order valence-electron chi connectivity index (χ3n) is 3.05. The number of aromatic nitrogens is 4. The molecule has 96 valence electrons. The van der Waals surface area contributed by atoms with Crippen LogP contribution < -0.4 is 5.32 Å². The van der Waals surface area contributed by atoms with Crippen molar-refractivity contribution in [2.45, 2.75) is 20.0 Å². The SMILES string of the molecule is CCn1nnc(NCc2cccc3ccccc23)n1. The second-order valence-corrected chi connectivity index (χ2v) is 4.29. The molecule has 0 atom stereocenters. The Bertz CT molecular complexity index is 684. The van der Waals surface area contributed by atoms with Crippen LogP contribution in [0.1, 0.15) is 12.5 Å². The Labute approximate surface area is 111 Å². The van der Waals surface area contributed by atoms with Crippen LogP contribution in [0.15, 0.2) is 42.5 Å². The minimum absolute atomic E-state index is 0.565. The Morgan fingerprint density at radius 1 is 1.11 bits per heavy atom. The summed E-state index contributed by atoms with van der Waals surface area (Å²) in [6.45, 7) is 3.40. The third-order valence-corrected chi connectivity index (χ3v) is 3.05. The van der Waals surface area contributed by atoms with Gasteiger partial charge in [-0.25, -0.2) is 0 Å². The summed E-state index contributed by atoms with van der Waals surface area (Å²) >= 11 is 0. The molecule has 2 aromatic carbocycles. The van der Waals surface area contributed by atoms with Crippen molar-refractivity contribution in [3.05, 3.63) is 48.0 Å². The van der Waals surface area contributed by atoms with Crippen LogP contribution in [-0.4, -0.2) is 20.2 Å². The van der Waals surface area contributed by atoms with Gasteiger partial charge in [-0.15, -0.1) is 5.10 Å². The Balaban J connectivity index is 1.81. The number of nitrogens with zero attached hydrogens (tertiary/aromatic N) is 4. The molecule has 1 aromatic heterocycles. The average molecular weight is 253 g/mol. The van der Waals surface area contributed by atoms with Crippen molar-refractivity contribution in [1.29, 1.82) is 0 Å². The Hall–Kier alpha value is -2.43. The lowest BCUT2D eigenvalue weighted by Crippen LogP contribution is -2.03. The van der Waals surface area contributed by atoms with Crippen LogP contribution in [0.2, 0.25) is 0 Å². The van der Waals surface area contributed by atoms with Gasteiger partial charge in [0.2, 0.25) is 0 Å². The van der Waals surface area contributed by atoms with Crippen LogP contribution in [0.4, 0.5) is 5.95 Å². The lowest BCUT2D eigenvalue weighted by Gasteiger charge is -2.06. The van der Waals surface area contributed by atoms with Crippen LogP contribution >= 0.6 is 0 Å². The van der Waals surface area contributed by atoms with Crippen LogP contribution in [0.5, 0.6) is 0 Å². The summed E-state index contributed by atoms with van der Waals surface area (Å²) in [7, 11) is 0. The zero-order valence-electron chi connectivity index (χ0n) is 10.7. The fourth-order valence-corrected chi connectivity index (χ4v) is 2.07. The topological polar surface area (TPSA) is 55.6 Å². The summed E-state index contributed by atoms with van der Waals surface area (Å²) in [4.78, 5) is 1.56. The summed E-state index contributed by atoms with van der Waals surface area (Å²) in [5, 5.41) is 17.8. The molecule has 0 aliphatic carbocycles. The van der Waals surface area contributed by atoms with Crippen LogP contribution in [0, 0.1) is 0 Å². The number of anilines is 1. The minimum atomic E-state index is 0.565. The number of hydrogen-bond acceptors (Lipinski definition) is 4. The first-order chi connectivity index (χ1) is 9.36. The summed E-state index contributed by atoms with van der Waals surface area (Å²) in [6.07, 6.45) is 0. The number of nitrogens with one attached hydrogen (secondary N) is 1. The van der Waals surface area contributed by atoms with Crippen molar-refractivity contribution in [1.82, 2.24) is 20.2 Å². The molecule has 0 fully saturated rings. The third kappa shape index (κ3) is 2.40. The standard InChI is InChI=1S/C14H15N5/c1-2-19-17-14(16-18-19)15-10-12-8-5-7-11-6-3-4-9-13(11)12/h3-9H,2,10H2,1H3,(H,15,17). The highest BCUT2D eigenvalue weighted by Gasteiger charge is 2.03. The van der Waals surface area contributed by atoms with Gasteiger partial charge in [0.05, 0.1) is 6.54 Å². The predicted octanol–water partition coefficient (Wildman–Crippen LogP) is 2.46. The van der Waals surface area contributed by atoms with Gasteiger partial charge in [0.15, 0.2) is 0 Å². The zero-order valence-corrected chi connectivity index (χ0v) is 10.7. The van der Waals surface area contributed by atoms with E-state index in [4.69, 9.17) is 0 Å². The number of hydrogen-bond donors (Lipinski definition) is 1. The number of rotatable bonds is 4. The molecule has 0 radical (unpaired) electrons. The van der Waals surface area contributed by atoms with Gasteiger partial charge >= 0.3 is 0 Å². The van der Waals surface area contributed by atoms with Crippen molar-refractivity contribution in [3.8, 4) is 0 Å². The van der Waals surface area contributed by atoms with E-state index in [2.05, 4.69) is 57.1 Å². The highest BCUT2D eigenvalue weighted by molar-refractivity contribution is 5.85. The van der Waals surface area contributed by atoms with Gasteiger partial charge in [0.25, 0.3) is 5.95 Å². The molecule has 0 saturated carbocycles. The van der Waals surface area contributed by atoms with Crippen molar-refractivity contribution in [2.24, 2.45) is 0 Å². The van der Waals surface area contributed by atoms with E-state index in [-0.39, 0.29) is 0 Å². The lowest BCUT2D eigenvalue weighted by molar-refractivity contribution is 0.552. The molecule has 0 aliphatic rings. The molecule has 5 heteroatoms. The summed E-state index contributed by atoms with van der Waals surface area (Å²) < 4.78 is 0. The van der Waals surface area contributed by atoms with E-state index in [1.807, 2.05) is 13.0 Å². The number of fused-ring (bicyclic) bond motifs is 1. The normalized spacial score (nSPS) is 10.8. The molecule has 0 bridgehead atoms. The maximum absolute atomic E-state index is 4.21. The van der Waals surface area contributed by atoms with Crippen LogP contribution in [-0.2, 0) is 13.1 Å². The lowest BCUT2D eigenvalue weighted by atomic mass is 10.0. The summed E-state index contributed by atoms with van der Waals surface area (Å²) in [5.41, 5.74) is 1.23. The maximum Gasteiger partial charge on any atom is 0.263 e. The second kappa shape index (κ2) is 5.06.